The van der Waals surface area contributed by atoms with E-state index < -0.39 is 24.0 Å². The number of esters is 1. The Morgan fingerprint density at radius 2 is 1.74 bits per heavy atom. The highest BCUT2D eigenvalue weighted by atomic mass is 16.5. The molecule has 0 aliphatic heterocycles. The molecule has 1 atom stereocenters. The fourth-order valence-corrected chi connectivity index (χ4v) is 3.65. The number of urea groups is 1. The highest BCUT2D eigenvalue weighted by molar-refractivity contribution is 5.97. The van der Waals surface area contributed by atoms with Crippen molar-refractivity contribution in [2.75, 3.05) is 6.54 Å². The average molecular weight is 425 g/mol. The molecule has 0 aromatic heterocycles. The third-order valence-electron chi connectivity index (χ3n) is 5.27. The highest BCUT2D eigenvalue weighted by Crippen LogP contribution is 2.19. The molecule has 8 heteroatoms. The third kappa shape index (κ3) is 6.53. The SMILES string of the molecule is C[C@@H](OC(=O)CNC(=O)Cc1cccc2ccccc12)C(=O)NC(=O)NC1CCCC1. The number of amides is 4. The molecular formula is C23H27N3O5. The molecule has 2 aromatic carbocycles. The van der Waals surface area contributed by atoms with Gasteiger partial charge >= 0.3 is 12.0 Å². The zero-order valence-corrected chi connectivity index (χ0v) is 17.5. The van der Waals surface area contributed by atoms with E-state index in [1.807, 2.05) is 42.5 Å². The zero-order chi connectivity index (χ0) is 22.2. The molecule has 1 aliphatic carbocycles. The Hall–Kier alpha value is -3.42. The molecule has 0 heterocycles. The van der Waals surface area contributed by atoms with E-state index in [1.165, 1.54) is 6.92 Å². The number of carbonyl (C=O) groups is 4. The van der Waals surface area contributed by atoms with Gasteiger partial charge in [-0.1, -0.05) is 55.3 Å². The van der Waals surface area contributed by atoms with E-state index >= 15 is 0 Å². The Bertz CT molecular complexity index is 963. The fraction of sp³-hybridized carbons (Fsp3) is 0.391. The van der Waals surface area contributed by atoms with Gasteiger partial charge < -0.3 is 15.4 Å². The van der Waals surface area contributed by atoms with Gasteiger partial charge in [-0.05, 0) is 36.1 Å². The topological polar surface area (TPSA) is 114 Å². The predicted molar refractivity (Wildman–Crippen MR) is 115 cm³/mol. The van der Waals surface area contributed by atoms with Crippen LogP contribution in [0.5, 0.6) is 0 Å². The lowest BCUT2D eigenvalue weighted by Gasteiger charge is -2.15. The van der Waals surface area contributed by atoms with Crippen LogP contribution in [0.3, 0.4) is 0 Å². The standard InChI is InChI=1S/C23H27N3O5/c1-15(22(29)26-23(30)25-18-10-3-4-11-18)31-21(28)14-24-20(27)13-17-9-6-8-16-7-2-5-12-19(16)17/h2,5-9,12,15,18H,3-4,10-11,13-14H2,1H3,(H,24,27)(H2,25,26,29,30)/t15-/m1/s1. The minimum Gasteiger partial charge on any atom is -0.451 e. The van der Waals surface area contributed by atoms with Crippen LogP contribution in [0.1, 0.15) is 38.2 Å². The van der Waals surface area contributed by atoms with Gasteiger partial charge in [0.1, 0.15) is 6.54 Å². The number of carbonyl (C=O) groups excluding carboxylic acids is 4. The average Bonchev–Trinajstić information content (AvgIpc) is 3.25. The van der Waals surface area contributed by atoms with Crippen molar-refractivity contribution in [1.29, 1.82) is 0 Å². The number of rotatable bonds is 7. The normalized spacial score (nSPS) is 14.6. The first kappa shape index (κ1) is 22.3. The van der Waals surface area contributed by atoms with Crippen molar-refractivity contribution < 1.29 is 23.9 Å². The van der Waals surface area contributed by atoms with E-state index in [-0.39, 0.29) is 24.9 Å². The van der Waals surface area contributed by atoms with Gasteiger partial charge in [0.05, 0.1) is 6.42 Å². The summed E-state index contributed by atoms with van der Waals surface area (Å²) in [5.74, 6) is -1.81. The number of benzene rings is 2. The number of fused-ring (bicyclic) bond motifs is 1. The van der Waals surface area contributed by atoms with Crippen molar-refractivity contribution in [2.24, 2.45) is 0 Å². The van der Waals surface area contributed by atoms with E-state index in [9.17, 15) is 19.2 Å². The number of imide groups is 1. The van der Waals surface area contributed by atoms with Crippen LogP contribution in [-0.2, 0) is 25.5 Å². The molecular weight excluding hydrogens is 398 g/mol. The Morgan fingerprint density at radius 3 is 2.52 bits per heavy atom. The second-order valence-corrected chi connectivity index (χ2v) is 7.67. The number of nitrogens with one attached hydrogen (secondary N) is 3. The summed E-state index contributed by atoms with van der Waals surface area (Å²) in [7, 11) is 0. The summed E-state index contributed by atoms with van der Waals surface area (Å²) < 4.78 is 5.01. The molecule has 0 unspecified atom stereocenters. The molecule has 0 radical (unpaired) electrons. The van der Waals surface area contributed by atoms with Gasteiger partial charge in [0.25, 0.3) is 5.91 Å². The molecule has 8 nitrogen and oxygen atoms in total. The van der Waals surface area contributed by atoms with Crippen molar-refractivity contribution in [2.45, 2.75) is 51.2 Å². The largest absolute Gasteiger partial charge is 0.451 e. The summed E-state index contributed by atoms with van der Waals surface area (Å²) in [4.78, 5) is 48.1. The molecule has 3 N–H and O–H groups in total. The smallest absolute Gasteiger partial charge is 0.326 e. The predicted octanol–water partition coefficient (Wildman–Crippen LogP) is 2.20. The molecule has 1 fully saturated rings. The molecule has 2 aromatic rings. The van der Waals surface area contributed by atoms with Crippen LogP contribution in [0.2, 0.25) is 0 Å². The van der Waals surface area contributed by atoms with E-state index in [0.29, 0.717) is 0 Å². The Labute approximate surface area is 180 Å². The van der Waals surface area contributed by atoms with E-state index in [4.69, 9.17) is 4.74 Å². The van der Waals surface area contributed by atoms with Crippen molar-refractivity contribution >= 4 is 34.6 Å². The first-order valence-corrected chi connectivity index (χ1v) is 10.5. The van der Waals surface area contributed by atoms with Crippen LogP contribution < -0.4 is 16.0 Å². The summed E-state index contributed by atoms with van der Waals surface area (Å²) in [6.45, 7) is 1.00. The van der Waals surface area contributed by atoms with E-state index in [2.05, 4.69) is 16.0 Å². The van der Waals surface area contributed by atoms with Crippen molar-refractivity contribution in [3.05, 3.63) is 48.0 Å². The summed E-state index contributed by atoms with van der Waals surface area (Å²) in [6, 6.07) is 12.9. The maximum absolute atomic E-state index is 12.2. The minimum atomic E-state index is -1.16. The molecule has 0 bridgehead atoms. The minimum absolute atomic E-state index is 0.0719. The van der Waals surface area contributed by atoms with Crippen LogP contribution in [0.15, 0.2) is 42.5 Å². The van der Waals surface area contributed by atoms with Crippen molar-refractivity contribution in [1.82, 2.24) is 16.0 Å². The number of hydrogen-bond donors (Lipinski definition) is 3. The third-order valence-corrected chi connectivity index (χ3v) is 5.27. The monoisotopic (exact) mass is 425 g/mol. The molecule has 3 rings (SSSR count). The molecule has 0 spiro atoms. The highest BCUT2D eigenvalue weighted by Gasteiger charge is 2.22. The van der Waals surface area contributed by atoms with Gasteiger partial charge in [-0.15, -0.1) is 0 Å². The molecule has 164 valence electrons. The maximum Gasteiger partial charge on any atom is 0.326 e. The summed E-state index contributed by atoms with van der Waals surface area (Å²) in [6.07, 6.45) is 2.86. The van der Waals surface area contributed by atoms with Crippen LogP contribution in [0, 0.1) is 0 Å². The van der Waals surface area contributed by atoms with Crippen molar-refractivity contribution in [3.63, 3.8) is 0 Å². The summed E-state index contributed by atoms with van der Waals surface area (Å²) >= 11 is 0. The van der Waals surface area contributed by atoms with Crippen molar-refractivity contribution in [3.8, 4) is 0 Å². The lowest BCUT2D eigenvalue weighted by Crippen LogP contribution is -2.47. The van der Waals surface area contributed by atoms with Gasteiger partial charge in [0.2, 0.25) is 5.91 Å². The number of hydrogen-bond acceptors (Lipinski definition) is 5. The van der Waals surface area contributed by atoms with Gasteiger partial charge in [0.15, 0.2) is 6.10 Å². The Morgan fingerprint density at radius 1 is 1.03 bits per heavy atom. The van der Waals surface area contributed by atoms with Crippen LogP contribution in [0.4, 0.5) is 4.79 Å². The van der Waals surface area contributed by atoms with Gasteiger partial charge in [-0.3, -0.25) is 19.7 Å². The Kier molecular flexibility index (Phi) is 7.59. The molecule has 1 aliphatic rings. The Balaban J connectivity index is 1.40. The summed E-state index contributed by atoms with van der Waals surface area (Å²) in [5.41, 5.74) is 0.852. The van der Waals surface area contributed by atoms with Crippen LogP contribution in [0.25, 0.3) is 10.8 Å². The van der Waals surface area contributed by atoms with Crippen LogP contribution in [-0.4, -0.2) is 42.5 Å². The van der Waals surface area contributed by atoms with Crippen LogP contribution >= 0.6 is 0 Å². The van der Waals surface area contributed by atoms with Gasteiger partial charge in [0, 0.05) is 6.04 Å². The van der Waals surface area contributed by atoms with Gasteiger partial charge in [-0.25, -0.2) is 4.79 Å². The molecule has 1 saturated carbocycles. The molecule has 4 amide bonds. The lowest BCUT2D eigenvalue weighted by atomic mass is 10.0. The maximum atomic E-state index is 12.2. The lowest BCUT2D eigenvalue weighted by molar-refractivity contribution is -0.154. The number of ether oxygens (including phenoxy) is 1. The van der Waals surface area contributed by atoms with Gasteiger partial charge in [-0.2, -0.15) is 0 Å². The fourth-order valence-electron chi connectivity index (χ4n) is 3.65. The first-order valence-electron chi connectivity index (χ1n) is 10.5. The second-order valence-electron chi connectivity index (χ2n) is 7.67. The quantitative estimate of drug-likeness (QED) is 0.589. The summed E-state index contributed by atoms with van der Waals surface area (Å²) in [5, 5.41) is 9.41. The first-order chi connectivity index (χ1) is 14.9. The molecule has 31 heavy (non-hydrogen) atoms. The zero-order valence-electron chi connectivity index (χ0n) is 17.5. The molecule has 0 saturated heterocycles. The van der Waals surface area contributed by atoms with E-state index in [0.717, 1.165) is 42.0 Å². The van der Waals surface area contributed by atoms with E-state index in [1.54, 1.807) is 0 Å². The second kappa shape index (κ2) is 10.6.